The van der Waals surface area contributed by atoms with Gasteiger partial charge >= 0.3 is 12.4 Å². The van der Waals surface area contributed by atoms with E-state index in [1.807, 2.05) is 0 Å². The van der Waals surface area contributed by atoms with Crippen molar-refractivity contribution in [3.05, 3.63) is 30.1 Å². The summed E-state index contributed by atoms with van der Waals surface area (Å²) in [6.07, 6.45) is -8.64. The second kappa shape index (κ2) is 7.42. The third-order valence-corrected chi connectivity index (χ3v) is 4.46. The normalized spacial score (nSPS) is 20.0. The third-order valence-electron chi connectivity index (χ3n) is 4.46. The van der Waals surface area contributed by atoms with Crippen molar-refractivity contribution in [3.63, 3.8) is 0 Å². The molecular formula is C16H19F6N3O. The van der Waals surface area contributed by atoms with E-state index in [1.54, 1.807) is 0 Å². The van der Waals surface area contributed by atoms with Gasteiger partial charge in [0.25, 0.3) is 5.66 Å². The lowest BCUT2D eigenvalue weighted by Gasteiger charge is -2.50. The Balaban J connectivity index is 2.62. The summed E-state index contributed by atoms with van der Waals surface area (Å²) in [5.74, 6) is -1.32. The predicted octanol–water partition coefficient (Wildman–Crippen LogP) is 3.96. The Labute approximate surface area is 146 Å². The number of hydrogen-bond acceptors (Lipinski definition) is 3. The first kappa shape index (κ1) is 20.5. The van der Waals surface area contributed by atoms with Crippen LogP contribution in [-0.2, 0) is 4.79 Å². The monoisotopic (exact) mass is 383 g/mol. The quantitative estimate of drug-likeness (QED) is 0.801. The number of likely N-dealkylation sites (tertiary alicyclic amines) is 1. The second-order valence-electron chi connectivity index (χ2n) is 6.10. The minimum atomic E-state index is -5.76. The Morgan fingerprint density at radius 3 is 2.38 bits per heavy atom. The van der Waals surface area contributed by atoms with E-state index in [9.17, 15) is 31.1 Å². The maximum Gasteiger partial charge on any atom is 0.434 e. The van der Waals surface area contributed by atoms with Crippen LogP contribution >= 0.6 is 0 Å². The highest BCUT2D eigenvalue weighted by atomic mass is 19.4. The highest BCUT2D eigenvalue weighted by molar-refractivity contribution is 5.76. The molecule has 0 spiro atoms. The van der Waals surface area contributed by atoms with Gasteiger partial charge in [-0.2, -0.15) is 26.3 Å². The summed E-state index contributed by atoms with van der Waals surface area (Å²) in [5.41, 5.74) is -4.20. The maximum atomic E-state index is 13.8. The van der Waals surface area contributed by atoms with Crippen molar-refractivity contribution in [2.45, 2.75) is 56.7 Å². The van der Waals surface area contributed by atoms with Crippen molar-refractivity contribution >= 4 is 5.91 Å². The molecule has 1 N–H and O–H groups in total. The molecule has 0 saturated carbocycles. The zero-order valence-corrected chi connectivity index (χ0v) is 14.0. The van der Waals surface area contributed by atoms with Gasteiger partial charge in [0.15, 0.2) is 0 Å². The molecule has 1 aromatic heterocycles. The lowest BCUT2D eigenvalue weighted by atomic mass is 9.91. The Kier molecular flexibility index (Phi) is 5.84. The molecule has 0 radical (unpaired) electrons. The first-order valence-electron chi connectivity index (χ1n) is 8.15. The molecular weight excluding hydrogens is 364 g/mol. The molecule has 1 fully saturated rings. The van der Waals surface area contributed by atoms with E-state index in [1.165, 1.54) is 36.8 Å². The summed E-state index contributed by atoms with van der Waals surface area (Å²) in [7, 11) is 0. The minimum absolute atomic E-state index is 0.0988. The molecule has 1 aliphatic heterocycles. The molecule has 2 heterocycles. The molecule has 2 rings (SSSR count). The molecule has 0 aliphatic carbocycles. The molecule has 1 amide bonds. The van der Waals surface area contributed by atoms with E-state index in [4.69, 9.17) is 0 Å². The summed E-state index contributed by atoms with van der Waals surface area (Å²) in [6, 6.07) is 1.72. The van der Waals surface area contributed by atoms with Crippen molar-refractivity contribution in [1.29, 1.82) is 0 Å². The van der Waals surface area contributed by atoms with Crippen LogP contribution in [0.2, 0.25) is 0 Å². The molecule has 0 aromatic carbocycles. The molecule has 1 saturated heterocycles. The van der Waals surface area contributed by atoms with Crippen molar-refractivity contribution in [1.82, 2.24) is 15.2 Å². The van der Waals surface area contributed by atoms with Gasteiger partial charge < -0.3 is 5.32 Å². The molecule has 10 heteroatoms. The number of piperidine rings is 1. The smallest absolute Gasteiger partial charge is 0.323 e. The van der Waals surface area contributed by atoms with Crippen LogP contribution in [-0.4, -0.2) is 40.4 Å². The van der Waals surface area contributed by atoms with Crippen LogP contribution in [0.4, 0.5) is 26.3 Å². The molecule has 146 valence electrons. The fourth-order valence-corrected chi connectivity index (χ4v) is 3.24. The van der Waals surface area contributed by atoms with Gasteiger partial charge in [-0.05, 0) is 24.5 Å². The summed E-state index contributed by atoms with van der Waals surface area (Å²) >= 11 is 0. The standard InChI is InChI=1S/C16H19F6N3O/c1-2-13(26)24-14(15(17,18)19,16(20,21)22)25-9-4-3-7-12(25)11-6-5-8-23-10-11/h5-6,8,10,12H,2-4,7,9H2,1H3,(H,24,26). The number of rotatable bonds is 4. The average Bonchev–Trinajstić information content (AvgIpc) is 2.58. The number of alkyl halides is 6. The zero-order valence-electron chi connectivity index (χ0n) is 14.0. The first-order valence-corrected chi connectivity index (χ1v) is 8.15. The molecule has 1 unspecified atom stereocenters. The summed E-state index contributed by atoms with van der Waals surface area (Å²) in [5, 5.41) is 1.25. The van der Waals surface area contributed by atoms with E-state index in [0.29, 0.717) is 11.3 Å². The van der Waals surface area contributed by atoms with Crippen LogP contribution in [0.15, 0.2) is 24.5 Å². The summed E-state index contributed by atoms with van der Waals surface area (Å²) in [6.45, 7) is 0.740. The van der Waals surface area contributed by atoms with Gasteiger partial charge in [-0.3, -0.25) is 14.7 Å². The maximum absolute atomic E-state index is 13.8. The molecule has 1 aromatic rings. The highest BCUT2D eigenvalue weighted by Gasteiger charge is 2.75. The van der Waals surface area contributed by atoms with Gasteiger partial charge in [0.2, 0.25) is 5.91 Å². The van der Waals surface area contributed by atoms with Crippen molar-refractivity contribution in [2.24, 2.45) is 0 Å². The van der Waals surface area contributed by atoms with Crippen molar-refractivity contribution < 1.29 is 31.1 Å². The van der Waals surface area contributed by atoms with Gasteiger partial charge in [0.05, 0.1) is 0 Å². The third kappa shape index (κ3) is 3.65. The molecule has 26 heavy (non-hydrogen) atoms. The van der Waals surface area contributed by atoms with Gasteiger partial charge in [0, 0.05) is 31.4 Å². The number of aromatic nitrogens is 1. The van der Waals surface area contributed by atoms with E-state index in [-0.39, 0.29) is 18.4 Å². The number of halogens is 6. The Morgan fingerprint density at radius 2 is 1.88 bits per heavy atom. The van der Waals surface area contributed by atoms with Crippen molar-refractivity contribution in [3.8, 4) is 0 Å². The predicted molar refractivity (Wildman–Crippen MR) is 80.8 cm³/mol. The first-order chi connectivity index (χ1) is 12.0. The molecule has 4 nitrogen and oxygen atoms in total. The number of carbonyl (C=O) groups is 1. The second-order valence-corrected chi connectivity index (χ2v) is 6.10. The Morgan fingerprint density at radius 1 is 1.23 bits per heavy atom. The fraction of sp³-hybridized carbons (Fsp3) is 0.625. The van der Waals surface area contributed by atoms with E-state index in [0.717, 1.165) is 0 Å². The number of carbonyl (C=O) groups excluding carboxylic acids is 1. The largest absolute Gasteiger partial charge is 0.434 e. The molecule has 1 aliphatic rings. The van der Waals surface area contributed by atoms with Crippen LogP contribution in [0.5, 0.6) is 0 Å². The number of nitrogens with zero attached hydrogens (tertiary/aromatic N) is 2. The van der Waals surface area contributed by atoms with E-state index < -0.39 is 42.9 Å². The SMILES string of the molecule is CCC(=O)NC(N1CCCCC1c1cccnc1)(C(F)(F)F)C(F)(F)F. The van der Waals surface area contributed by atoms with Gasteiger partial charge in [-0.25, -0.2) is 0 Å². The number of hydrogen-bond donors (Lipinski definition) is 1. The topological polar surface area (TPSA) is 45.2 Å². The van der Waals surface area contributed by atoms with Crippen LogP contribution in [0.1, 0.15) is 44.2 Å². The Bertz CT molecular complexity index is 603. The molecule has 1 atom stereocenters. The molecule has 0 bridgehead atoms. The summed E-state index contributed by atoms with van der Waals surface area (Å²) in [4.78, 5) is 15.8. The lowest BCUT2D eigenvalue weighted by Crippen LogP contribution is -2.77. The summed E-state index contributed by atoms with van der Waals surface area (Å²) < 4.78 is 83.1. The van der Waals surface area contributed by atoms with Gasteiger partial charge in [0.1, 0.15) is 0 Å². The number of nitrogens with one attached hydrogen (secondary N) is 1. The van der Waals surface area contributed by atoms with E-state index >= 15 is 0 Å². The highest BCUT2D eigenvalue weighted by Crippen LogP contribution is 2.50. The van der Waals surface area contributed by atoms with Crippen LogP contribution in [0, 0.1) is 0 Å². The number of pyridine rings is 1. The van der Waals surface area contributed by atoms with Gasteiger partial charge in [-0.1, -0.05) is 19.4 Å². The number of amides is 1. The lowest BCUT2D eigenvalue weighted by molar-refractivity contribution is -0.357. The zero-order chi connectivity index (χ0) is 19.6. The van der Waals surface area contributed by atoms with Crippen molar-refractivity contribution in [2.75, 3.05) is 6.54 Å². The minimum Gasteiger partial charge on any atom is -0.323 e. The van der Waals surface area contributed by atoms with Crippen LogP contribution in [0.3, 0.4) is 0 Å². The van der Waals surface area contributed by atoms with Gasteiger partial charge in [-0.15, -0.1) is 0 Å². The van der Waals surface area contributed by atoms with E-state index in [2.05, 4.69) is 4.98 Å². The fourth-order valence-electron chi connectivity index (χ4n) is 3.24. The van der Waals surface area contributed by atoms with Crippen LogP contribution < -0.4 is 5.32 Å². The average molecular weight is 383 g/mol. The Hall–Kier alpha value is -1.84. The van der Waals surface area contributed by atoms with Crippen LogP contribution in [0.25, 0.3) is 0 Å².